The molecule has 1 fully saturated rings. The number of nitrogens with zero attached hydrogens (tertiary/aromatic N) is 3. The fourth-order valence-corrected chi connectivity index (χ4v) is 2.21. The van der Waals surface area contributed by atoms with Crippen LogP contribution in [0.2, 0.25) is 0 Å². The van der Waals surface area contributed by atoms with E-state index in [1.165, 1.54) is 0 Å². The predicted octanol–water partition coefficient (Wildman–Crippen LogP) is 1.53. The minimum Gasteiger partial charge on any atom is -0.354 e. The summed E-state index contributed by atoms with van der Waals surface area (Å²) in [5.41, 5.74) is 0.735. The van der Waals surface area contributed by atoms with Crippen molar-refractivity contribution >= 4 is 11.7 Å². The molecule has 5 nitrogen and oxygen atoms in total. The molecule has 1 aliphatic heterocycles. The van der Waals surface area contributed by atoms with Crippen LogP contribution in [0.25, 0.3) is 0 Å². The summed E-state index contributed by atoms with van der Waals surface area (Å²) < 4.78 is 0. The molecule has 1 N–H and O–H groups in total. The summed E-state index contributed by atoms with van der Waals surface area (Å²) in [6.07, 6.45) is 0.872. The van der Waals surface area contributed by atoms with Crippen LogP contribution >= 0.6 is 0 Å². The first kappa shape index (κ1) is 13.8. The van der Waals surface area contributed by atoms with Gasteiger partial charge in [0.25, 0.3) is 0 Å². The second-order valence-corrected chi connectivity index (χ2v) is 6.20. The van der Waals surface area contributed by atoms with Gasteiger partial charge in [-0.05, 0) is 46.2 Å². The maximum absolute atomic E-state index is 12.1. The summed E-state index contributed by atoms with van der Waals surface area (Å²) in [7, 11) is 0. The molecule has 1 saturated heterocycles. The molecule has 104 valence electrons. The van der Waals surface area contributed by atoms with Gasteiger partial charge in [0.2, 0.25) is 5.91 Å². The van der Waals surface area contributed by atoms with Crippen molar-refractivity contribution in [2.75, 3.05) is 18.0 Å². The molecule has 0 saturated carbocycles. The number of aryl methyl sites for hydroxylation is 1. The van der Waals surface area contributed by atoms with E-state index in [1.54, 1.807) is 0 Å². The molecule has 2 rings (SSSR count). The summed E-state index contributed by atoms with van der Waals surface area (Å²) in [6.45, 7) is 9.51. The van der Waals surface area contributed by atoms with Crippen molar-refractivity contribution < 1.29 is 4.79 Å². The molecule has 1 unspecified atom stereocenters. The maximum Gasteiger partial charge on any atom is 0.225 e. The minimum absolute atomic E-state index is 0.0438. The molecule has 0 aromatic carbocycles. The second-order valence-electron chi connectivity index (χ2n) is 6.20. The van der Waals surface area contributed by atoms with Gasteiger partial charge in [-0.3, -0.25) is 4.79 Å². The quantitative estimate of drug-likeness (QED) is 0.878. The molecule has 0 aliphatic carbocycles. The zero-order chi connectivity index (χ0) is 14.0. The van der Waals surface area contributed by atoms with Crippen LogP contribution in [0, 0.1) is 12.8 Å². The van der Waals surface area contributed by atoms with E-state index < -0.39 is 0 Å². The van der Waals surface area contributed by atoms with E-state index in [1.807, 2.05) is 39.8 Å². The van der Waals surface area contributed by atoms with Crippen LogP contribution in [0.1, 0.15) is 32.9 Å². The molecule has 1 aromatic heterocycles. The van der Waals surface area contributed by atoms with Crippen molar-refractivity contribution in [3.63, 3.8) is 0 Å². The Morgan fingerprint density at radius 1 is 1.37 bits per heavy atom. The van der Waals surface area contributed by atoms with Gasteiger partial charge in [-0.1, -0.05) is 0 Å². The third kappa shape index (κ3) is 3.66. The van der Waals surface area contributed by atoms with E-state index in [4.69, 9.17) is 0 Å². The Morgan fingerprint density at radius 3 is 2.68 bits per heavy atom. The number of nitrogens with one attached hydrogen (secondary N) is 1. The molecule has 2 heterocycles. The van der Waals surface area contributed by atoms with Crippen LogP contribution in [0.5, 0.6) is 0 Å². The second kappa shape index (κ2) is 5.15. The van der Waals surface area contributed by atoms with Crippen LogP contribution in [0.15, 0.2) is 12.1 Å². The zero-order valence-corrected chi connectivity index (χ0v) is 12.1. The highest BCUT2D eigenvalue weighted by Crippen LogP contribution is 2.22. The molecule has 1 amide bonds. The van der Waals surface area contributed by atoms with Gasteiger partial charge in [-0.2, -0.15) is 5.10 Å². The molecule has 5 heteroatoms. The SMILES string of the molecule is Cc1ccc(N2CCC(C(=O)NC(C)(C)C)C2)nn1. The van der Waals surface area contributed by atoms with Gasteiger partial charge < -0.3 is 10.2 Å². The first-order valence-corrected chi connectivity index (χ1v) is 6.72. The van der Waals surface area contributed by atoms with Gasteiger partial charge in [0, 0.05) is 18.6 Å². The van der Waals surface area contributed by atoms with Crippen molar-refractivity contribution in [3.05, 3.63) is 17.8 Å². The highest BCUT2D eigenvalue weighted by atomic mass is 16.2. The van der Waals surface area contributed by atoms with Gasteiger partial charge >= 0.3 is 0 Å². The minimum atomic E-state index is -0.172. The van der Waals surface area contributed by atoms with Crippen LogP contribution in [-0.4, -0.2) is 34.7 Å². The number of rotatable bonds is 2. The monoisotopic (exact) mass is 262 g/mol. The highest BCUT2D eigenvalue weighted by molar-refractivity contribution is 5.80. The number of carbonyl (C=O) groups is 1. The largest absolute Gasteiger partial charge is 0.354 e. The van der Waals surface area contributed by atoms with Gasteiger partial charge in [0.15, 0.2) is 5.82 Å². The van der Waals surface area contributed by atoms with E-state index >= 15 is 0 Å². The highest BCUT2D eigenvalue weighted by Gasteiger charge is 2.30. The van der Waals surface area contributed by atoms with Crippen molar-refractivity contribution in [2.24, 2.45) is 5.92 Å². The molecule has 1 aliphatic rings. The average Bonchev–Trinajstić information content (AvgIpc) is 2.77. The zero-order valence-electron chi connectivity index (χ0n) is 12.1. The Hall–Kier alpha value is -1.65. The van der Waals surface area contributed by atoms with E-state index in [2.05, 4.69) is 20.4 Å². The predicted molar refractivity (Wildman–Crippen MR) is 75.0 cm³/mol. The van der Waals surface area contributed by atoms with E-state index in [9.17, 15) is 4.79 Å². The summed E-state index contributed by atoms with van der Waals surface area (Å²) in [5, 5.41) is 11.3. The Balaban J connectivity index is 1.96. The van der Waals surface area contributed by atoms with E-state index in [-0.39, 0.29) is 17.4 Å². The number of anilines is 1. The summed E-state index contributed by atoms with van der Waals surface area (Å²) in [5.74, 6) is 1.04. The van der Waals surface area contributed by atoms with Crippen molar-refractivity contribution in [2.45, 2.75) is 39.7 Å². The fourth-order valence-electron chi connectivity index (χ4n) is 2.21. The lowest BCUT2D eigenvalue weighted by Gasteiger charge is -2.23. The third-order valence-electron chi connectivity index (χ3n) is 3.17. The molecule has 0 radical (unpaired) electrons. The van der Waals surface area contributed by atoms with Gasteiger partial charge in [-0.25, -0.2) is 0 Å². The lowest BCUT2D eigenvalue weighted by molar-refractivity contribution is -0.125. The van der Waals surface area contributed by atoms with E-state index in [0.29, 0.717) is 0 Å². The topological polar surface area (TPSA) is 58.1 Å². The van der Waals surface area contributed by atoms with Crippen LogP contribution in [0.3, 0.4) is 0 Å². The number of hydrogen-bond acceptors (Lipinski definition) is 4. The van der Waals surface area contributed by atoms with Gasteiger partial charge in [-0.15, -0.1) is 5.10 Å². The van der Waals surface area contributed by atoms with E-state index in [0.717, 1.165) is 31.0 Å². The first-order valence-electron chi connectivity index (χ1n) is 6.72. The molecule has 19 heavy (non-hydrogen) atoms. The molecule has 1 aromatic rings. The Kier molecular flexibility index (Phi) is 3.73. The molecule has 0 bridgehead atoms. The molecular formula is C14H22N4O. The Morgan fingerprint density at radius 2 is 2.11 bits per heavy atom. The number of hydrogen-bond donors (Lipinski definition) is 1. The lowest BCUT2D eigenvalue weighted by atomic mass is 10.0. The summed E-state index contributed by atoms with van der Waals surface area (Å²) in [4.78, 5) is 14.2. The number of aromatic nitrogens is 2. The molecule has 0 spiro atoms. The van der Waals surface area contributed by atoms with Crippen molar-refractivity contribution in [3.8, 4) is 0 Å². The standard InChI is InChI=1S/C14H22N4O/c1-10-5-6-12(17-16-10)18-8-7-11(9-18)13(19)15-14(2,3)4/h5-6,11H,7-9H2,1-4H3,(H,15,19). The van der Waals surface area contributed by atoms with Gasteiger partial charge in [0.1, 0.15) is 0 Å². The van der Waals surface area contributed by atoms with Crippen molar-refractivity contribution in [1.29, 1.82) is 0 Å². The van der Waals surface area contributed by atoms with Gasteiger partial charge in [0.05, 0.1) is 11.6 Å². The first-order chi connectivity index (χ1) is 8.85. The Labute approximate surface area is 114 Å². The van der Waals surface area contributed by atoms with Crippen molar-refractivity contribution in [1.82, 2.24) is 15.5 Å². The molecular weight excluding hydrogens is 240 g/mol. The third-order valence-corrected chi connectivity index (χ3v) is 3.17. The summed E-state index contributed by atoms with van der Waals surface area (Å²) in [6, 6.07) is 3.91. The van der Waals surface area contributed by atoms with Crippen LogP contribution in [-0.2, 0) is 4.79 Å². The average molecular weight is 262 g/mol. The lowest BCUT2D eigenvalue weighted by Crippen LogP contribution is -2.44. The summed E-state index contributed by atoms with van der Waals surface area (Å²) >= 11 is 0. The van der Waals surface area contributed by atoms with Crippen LogP contribution in [0.4, 0.5) is 5.82 Å². The maximum atomic E-state index is 12.1. The smallest absolute Gasteiger partial charge is 0.225 e. The Bertz CT molecular complexity index is 450. The normalized spacial score (nSPS) is 19.6. The number of carbonyl (C=O) groups excluding carboxylic acids is 1. The molecule has 1 atom stereocenters. The fraction of sp³-hybridized carbons (Fsp3) is 0.643. The van der Waals surface area contributed by atoms with Crippen LogP contribution < -0.4 is 10.2 Å². The number of amides is 1.